The molecule has 1 aliphatic heterocycles. The molecule has 4 aromatic rings. The van der Waals surface area contributed by atoms with Crippen LogP contribution in [0.25, 0.3) is 0 Å². The Morgan fingerprint density at radius 3 is 2.00 bits per heavy atom. The van der Waals surface area contributed by atoms with Crippen LogP contribution in [0.4, 0.5) is 22.7 Å². The van der Waals surface area contributed by atoms with Gasteiger partial charge in [0.1, 0.15) is 0 Å². The van der Waals surface area contributed by atoms with Gasteiger partial charge in [-0.05, 0) is 72.5 Å². The molecule has 1 fully saturated rings. The summed E-state index contributed by atoms with van der Waals surface area (Å²) < 4.78 is 12.9. The monoisotopic (exact) mass is 710 g/mol. The fourth-order valence-electron chi connectivity index (χ4n) is 5.74. The van der Waals surface area contributed by atoms with Gasteiger partial charge in [0.25, 0.3) is 0 Å². The number of ether oxygens (including phenoxy) is 2. The van der Waals surface area contributed by atoms with Crippen molar-refractivity contribution in [2.24, 2.45) is 0 Å². The Balaban J connectivity index is 1.10. The molecule has 268 valence electrons. The zero-order valence-electron chi connectivity index (χ0n) is 28.8. The topological polar surface area (TPSA) is 152 Å². The molecule has 1 saturated heterocycles. The van der Waals surface area contributed by atoms with Gasteiger partial charge in [-0.15, -0.1) is 11.8 Å². The highest BCUT2D eigenvalue weighted by molar-refractivity contribution is 7.99. The zero-order valence-corrected chi connectivity index (χ0v) is 29.6. The number of rotatable bonds is 16. The standard InChI is InChI=1S/C40H46N4O6S/c1-27(46)42-31-20-22-34(23-21-31)51-26-33-24-37(29-14-12-28(25-45)13-15-29)50-40(49-33)30-16-18-32(19-17-30)43-38(47)10-4-2-3-5-11-39(48)44-36-9-7-6-8-35(36)41/h6-9,12-23,33,37,40,45H,2-5,10-11,24-26,41H2,1H3,(H,42,46)(H,43,47)(H,44,48)/t33-,37+,40+/m1/s1. The summed E-state index contributed by atoms with van der Waals surface area (Å²) in [5, 5.41) is 18.1. The Morgan fingerprint density at radius 2 is 1.35 bits per heavy atom. The molecule has 0 aliphatic carbocycles. The fraction of sp³-hybridized carbons (Fsp3) is 0.325. The second kappa shape index (κ2) is 19.1. The van der Waals surface area contributed by atoms with Crippen LogP contribution in [0.1, 0.15) is 81.0 Å². The summed E-state index contributed by atoms with van der Waals surface area (Å²) in [6.45, 7) is 1.47. The van der Waals surface area contributed by atoms with E-state index in [1.165, 1.54) is 6.92 Å². The summed E-state index contributed by atoms with van der Waals surface area (Å²) in [7, 11) is 0. The summed E-state index contributed by atoms with van der Waals surface area (Å²) in [4.78, 5) is 37.3. The molecule has 0 unspecified atom stereocenters. The SMILES string of the molecule is CC(=O)Nc1ccc(SC[C@H]2C[C@@H](c3ccc(CO)cc3)O[C@@H](c3ccc(NC(=O)CCCCCCC(=O)Nc4ccccc4N)cc3)O2)cc1. The molecule has 1 aliphatic rings. The lowest BCUT2D eigenvalue weighted by Gasteiger charge is -2.36. The minimum atomic E-state index is -0.606. The van der Waals surface area contributed by atoms with E-state index in [1.807, 2.05) is 84.9 Å². The number of thioether (sulfide) groups is 1. The van der Waals surface area contributed by atoms with E-state index >= 15 is 0 Å². The number of nitrogen functional groups attached to an aromatic ring is 1. The van der Waals surface area contributed by atoms with Crippen LogP contribution in [0.5, 0.6) is 0 Å². The average Bonchev–Trinajstić information content (AvgIpc) is 3.13. The van der Waals surface area contributed by atoms with Gasteiger partial charge in [0.05, 0.1) is 30.2 Å². The van der Waals surface area contributed by atoms with Crippen molar-refractivity contribution in [2.75, 3.05) is 27.4 Å². The molecule has 5 rings (SSSR count). The molecule has 0 spiro atoms. The maximum absolute atomic E-state index is 12.6. The molecular formula is C40H46N4O6S. The molecule has 3 atom stereocenters. The number of benzene rings is 4. The quantitative estimate of drug-likeness (QED) is 0.0446. The van der Waals surface area contributed by atoms with E-state index in [-0.39, 0.29) is 36.5 Å². The van der Waals surface area contributed by atoms with E-state index in [4.69, 9.17) is 15.2 Å². The first-order valence-electron chi connectivity index (χ1n) is 17.3. The van der Waals surface area contributed by atoms with Crippen LogP contribution >= 0.6 is 11.8 Å². The lowest BCUT2D eigenvalue weighted by Crippen LogP contribution is -2.31. The highest BCUT2D eigenvalue weighted by Gasteiger charge is 2.32. The first-order chi connectivity index (χ1) is 24.7. The molecule has 11 heteroatoms. The van der Waals surface area contributed by atoms with E-state index in [9.17, 15) is 19.5 Å². The summed E-state index contributed by atoms with van der Waals surface area (Å²) in [6.07, 6.45) is 3.74. The number of carbonyl (C=O) groups excluding carboxylic acids is 3. The highest BCUT2D eigenvalue weighted by atomic mass is 32.2. The Kier molecular flexibility index (Phi) is 14.1. The van der Waals surface area contributed by atoms with Gasteiger partial charge >= 0.3 is 0 Å². The molecule has 0 radical (unpaired) electrons. The second-order valence-corrected chi connectivity index (χ2v) is 13.7. The van der Waals surface area contributed by atoms with E-state index < -0.39 is 6.29 Å². The Bertz CT molecular complexity index is 1730. The number of aliphatic hydroxyl groups is 1. The van der Waals surface area contributed by atoms with Crippen molar-refractivity contribution >= 4 is 52.2 Å². The van der Waals surface area contributed by atoms with Crippen molar-refractivity contribution in [3.8, 4) is 0 Å². The molecule has 0 bridgehead atoms. The van der Waals surface area contributed by atoms with Crippen LogP contribution in [-0.4, -0.2) is 34.7 Å². The maximum Gasteiger partial charge on any atom is 0.224 e. The minimum Gasteiger partial charge on any atom is -0.397 e. The van der Waals surface area contributed by atoms with Gasteiger partial charge in [-0.3, -0.25) is 14.4 Å². The van der Waals surface area contributed by atoms with Gasteiger partial charge in [0, 0.05) is 53.8 Å². The first-order valence-corrected chi connectivity index (χ1v) is 18.3. The smallest absolute Gasteiger partial charge is 0.224 e. The number of unbranched alkanes of at least 4 members (excludes halogenated alkanes) is 3. The van der Waals surface area contributed by atoms with E-state index in [1.54, 1.807) is 23.9 Å². The van der Waals surface area contributed by atoms with Crippen molar-refractivity contribution < 1.29 is 29.0 Å². The third-order valence-corrected chi connectivity index (χ3v) is 9.63. The molecule has 4 aromatic carbocycles. The molecule has 6 N–H and O–H groups in total. The molecule has 3 amide bonds. The predicted octanol–water partition coefficient (Wildman–Crippen LogP) is 7.98. The number of nitrogens with two attached hydrogens (primary N) is 1. The third kappa shape index (κ3) is 12.0. The van der Waals surface area contributed by atoms with Gasteiger partial charge in [-0.1, -0.05) is 61.4 Å². The third-order valence-electron chi connectivity index (χ3n) is 8.48. The van der Waals surface area contributed by atoms with Crippen molar-refractivity contribution in [2.45, 2.75) is 81.9 Å². The van der Waals surface area contributed by atoms with Crippen LogP contribution in [0.3, 0.4) is 0 Å². The normalized spacial score (nSPS) is 17.0. The van der Waals surface area contributed by atoms with Crippen LogP contribution < -0.4 is 21.7 Å². The lowest BCUT2D eigenvalue weighted by molar-refractivity contribution is -0.245. The van der Waals surface area contributed by atoms with Crippen molar-refractivity contribution in [1.29, 1.82) is 0 Å². The number of nitrogens with one attached hydrogen (secondary N) is 3. The van der Waals surface area contributed by atoms with Crippen LogP contribution in [0, 0.1) is 0 Å². The number of para-hydroxylation sites is 2. The van der Waals surface area contributed by atoms with Crippen molar-refractivity contribution in [1.82, 2.24) is 0 Å². The number of carbonyl (C=O) groups is 3. The Morgan fingerprint density at radius 1 is 0.745 bits per heavy atom. The van der Waals surface area contributed by atoms with Crippen molar-refractivity contribution in [3.63, 3.8) is 0 Å². The summed E-state index contributed by atoms with van der Waals surface area (Å²) in [5.41, 5.74) is 11.2. The van der Waals surface area contributed by atoms with E-state index in [0.29, 0.717) is 42.1 Å². The second-order valence-electron chi connectivity index (χ2n) is 12.6. The average molecular weight is 711 g/mol. The maximum atomic E-state index is 12.6. The Labute approximate surface area is 303 Å². The van der Waals surface area contributed by atoms with Gasteiger partial charge in [0.2, 0.25) is 17.7 Å². The summed E-state index contributed by atoms with van der Waals surface area (Å²) in [5.74, 6) is 0.475. The van der Waals surface area contributed by atoms with Gasteiger partial charge < -0.3 is 36.3 Å². The highest BCUT2D eigenvalue weighted by Crippen LogP contribution is 2.39. The van der Waals surface area contributed by atoms with Crippen LogP contribution in [0.2, 0.25) is 0 Å². The summed E-state index contributed by atoms with van der Waals surface area (Å²) in [6, 6.07) is 30.3. The fourth-order valence-corrected chi connectivity index (χ4v) is 6.67. The molecule has 0 aromatic heterocycles. The molecule has 0 saturated carbocycles. The number of hydrogen-bond donors (Lipinski definition) is 5. The van der Waals surface area contributed by atoms with Crippen LogP contribution in [-0.2, 0) is 30.5 Å². The number of amides is 3. The van der Waals surface area contributed by atoms with Gasteiger partial charge in [0.15, 0.2) is 6.29 Å². The van der Waals surface area contributed by atoms with Gasteiger partial charge in [-0.25, -0.2) is 0 Å². The number of anilines is 4. The summed E-state index contributed by atoms with van der Waals surface area (Å²) >= 11 is 1.68. The first kappa shape index (κ1) is 37.6. The lowest BCUT2D eigenvalue weighted by atomic mass is 10.0. The Hall–Kier alpha value is -4.68. The molecule has 10 nitrogen and oxygen atoms in total. The van der Waals surface area contributed by atoms with E-state index in [0.717, 1.165) is 53.0 Å². The van der Waals surface area contributed by atoms with Gasteiger partial charge in [-0.2, -0.15) is 0 Å². The zero-order chi connectivity index (χ0) is 36.0. The largest absolute Gasteiger partial charge is 0.397 e. The number of aliphatic hydroxyl groups excluding tert-OH is 1. The molecule has 1 heterocycles. The van der Waals surface area contributed by atoms with Crippen LogP contribution in [0.15, 0.2) is 102 Å². The minimum absolute atomic E-state index is 0.0212. The van der Waals surface area contributed by atoms with Crippen molar-refractivity contribution in [3.05, 3.63) is 114 Å². The molecule has 51 heavy (non-hydrogen) atoms. The number of hydrogen-bond acceptors (Lipinski definition) is 8. The van der Waals surface area contributed by atoms with E-state index in [2.05, 4.69) is 16.0 Å². The molecular weight excluding hydrogens is 665 g/mol. The predicted molar refractivity (Wildman–Crippen MR) is 202 cm³/mol.